The van der Waals surface area contributed by atoms with E-state index in [1.165, 1.54) is 0 Å². The number of morpholine rings is 1. The summed E-state index contributed by atoms with van der Waals surface area (Å²) in [6, 6.07) is 0.191. The number of hydrogen-bond acceptors (Lipinski definition) is 3. The third-order valence-electron chi connectivity index (χ3n) is 1.64. The van der Waals surface area contributed by atoms with E-state index in [1.54, 1.807) is 0 Å². The number of nitrogens with one attached hydrogen (secondary N) is 2. The van der Waals surface area contributed by atoms with Crippen LogP contribution in [0.5, 0.6) is 0 Å². The van der Waals surface area contributed by atoms with Crippen LogP contribution in [0.2, 0.25) is 0 Å². The standard InChI is InChI=1S/C8H12N2O2/c1-2-8(11)10-5-7-6-12-4-3-9-7/h1,7,9H,3-6H2,(H,10,11). The van der Waals surface area contributed by atoms with Crippen LogP contribution in [0.15, 0.2) is 0 Å². The van der Waals surface area contributed by atoms with Crippen LogP contribution in [0.4, 0.5) is 0 Å². The second-order valence-electron chi connectivity index (χ2n) is 2.58. The molecule has 2 N–H and O–H groups in total. The predicted molar refractivity (Wildman–Crippen MR) is 44.5 cm³/mol. The zero-order valence-electron chi connectivity index (χ0n) is 6.80. The van der Waals surface area contributed by atoms with Crippen molar-refractivity contribution < 1.29 is 9.53 Å². The summed E-state index contributed by atoms with van der Waals surface area (Å²) in [5, 5.41) is 5.77. The molecule has 1 heterocycles. The molecule has 66 valence electrons. The number of rotatable bonds is 2. The van der Waals surface area contributed by atoms with Gasteiger partial charge in [0.1, 0.15) is 0 Å². The molecule has 1 aliphatic rings. The molecular formula is C8H12N2O2. The van der Waals surface area contributed by atoms with Crippen molar-refractivity contribution in [3.8, 4) is 12.3 Å². The minimum Gasteiger partial charge on any atom is -0.378 e. The molecule has 0 radical (unpaired) electrons. The van der Waals surface area contributed by atoms with Crippen LogP contribution >= 0.6 is 0 Å². The van der Waals surface area contributed by atoms with E-state index in [1.807, 2.05) is 5.92 Å². The van der Waals surface area contributed by atoms with Crippen molar-refractivity contribution in [3.05, 3.63) is 0 Å². The monoisotopic (exact) mass is 168 g/mol. The largest absolute Gasteiger partial charge is 0.378 e. The van der Waals surface area contributed by atoms with Crippen LogP contribution in [-0.2, 0) is 9.53 Å². The summed E-state index contributed by atoms with van der Waals surface area (Å²) in [5.41, 5.74) is 0. The number of hydrogen-bond donors (Lipinski definition) is 2. The molecule has 0 spiro atoms. The van der Waals surface area contributed by atoms with Crippen LogP contribution in [0.1, 0.15) is 0 Å². The molecule has 1 rings (SSSR count). The van der Waals surface area contributed by atoms with Gasteiger partial charge in [0.05, 0.1) is 13.2 Å². The first-order valence-electron chi connectivity index (χ1n) is 3.88. The molecule has 1 aliphatic heterocycles. The zero-order valence-corrected chi connectivity index (χ0v) is 6.80. The van der Waals surface area contributed by atoms with Crippen molar-refractivity contribution in [3.63, 3.8) is 0 Å². The molecule has 0 aromatic heterocycles. The first kappa shape index (κ1) is 9.04. The molecule has 0 bridgehead atoms. The fourth-order valence-corrected chi connectivity index (χ4v) is 1.02. The highest BCUT2D eigenvalue weighted by molar-refractivity contribution is 5.92. The van der Waals surface area contributed by atoms with E-state index in [2.05, 4.69) is 10.6 Å². The van der Waals surface area contributed by atoms with Crippen LogP contribution in [-0.4, -0.2) is 38.3 Å². The number of carbonyl (C=O) groups excluding carboxylic acids is 1. The molecule has 4 nitrogen and oxygen atoms in total. The van der Waals surface area contributed by atoms with Crippen LogP contribution in [0.3, 0.4) is 0 Å². The summed E-state index contributed by atoms with van der Waals surface area (Å²) in [7, 11) is 0. The fourth-order valence-electron chi connectivity index (χ4n) is 1.02. The Bertz CT molecular complexity index is 192. The van der Waals surface area contributed by atoms with Gasteiger partial charge in [-0.2, -0.15) is 0 Å². The van der Waals surface area contributed by atoms with Gasteiger partial charge in [-0.15, -0.1) is 6.42 Å². The Morgan fingerprint density at radius 2 is 2.67 bits per heavy atom. The minimum atomic E-state index is -0.373. The van der Waals surface area contributed by atoms with Crippen molar-refractivity contribution in [2.24, 2.45) is 0 Å². The van der Waals surface area contributed by atoms with E-state index in [0.29, 0.717) is 13.2 Å². The number of terminal acetylenes is 1. The third-order valence-corrected chi connectivity index (χ3v) is 1.64. The highest BCUT2D eigenvalue weighted by Crippen LogP contribution is 1.90. The lowest BCUT2D eigenvalue weighted by atomic mass is 10.3. The SMILES string of the molecule is C#CC(=O)NCC1COCCN1. The minimum absolute atomic E-state index is 0.191. The molecule has 0 aromatic carbocycles. The van der Waals surface area contributed by atoms with E-state index in [4.69, 9.17) is 11.2 Å². The molecular weight excluding hydrogens is 156 g/mol. The molecule has 12 heavy (non-hydrogen) atoms. The van der Waals surface area contributed by atoms with E-state index in [0.717, 1.165) is 13.2 Å². The normalized spacial score (nSPS) is 22.8. The number of carbonyl (C=O) groups is 1. The van der Waals surface area contributed by atoms with E-state index in [9.17, 15) is 4.79 Å². The van der Waals surface area contributed by atoms with Crippen LogP contribution in [0, 0.1) is 12.3 Å². The molecule has 4 heteroatoms. The Hall–Kier alpha value is -1.05. The van der Waals surface area contributed by atoms with Crippen LogP contribution in [0.25, 0.3) is 0 Å². The molecule has 1 saturated heterocycles. The molecule has 1 atom stereocenters. The van der Waals surface area contributed by atoms with Gasteiger partial charge in [0, 0.05) is 19.1 Å². The predicted octanol–water partition coefficient (Wildman–Crippen LogP) is -1.28. The summed E-state index contributed by atoms with van der Waals surface area (Å²) in [4.78, 5) is 10.6. The van der Waals surface area contributed by atoms with E-state index in [-0.39, 0.29) is 11.9 Å². The maximum Gasteiger partial charge on any atom is 0.295 e. The van der Waals surface area contributed by atoms with Crippen molar-refractivity contribution in [2.75, 3.05) is 26.3 Å². The second-order valence-corrected chi connectivity index (χ2v) is 2.58. The van der Waals surface area contributed by atoms with Crippen molar-refractivity contribution >= 4 is 5.91 Å². The van der Waals surface area contributed by atoms with Gasteiger partial charge in [0.25, 0.3) is 5.91 Å². The number of ether oxygens (including phenoxy) is 1. The molecule has 0 saturated carbocycles. The van der Waals surface area contributed by atoms with Gasteiger partial charge in [-0.05, 0) is 5.92 Å². The van der Waals surface area contributed by atoms with Crippen molar-refractivity contribution in [2.45, 2.75) is 6.04 Å². The quantitative estimate of drug-likeness (QED) is 0.505. The van der Waals surface area contributed by atoms with E-state index >= 15 is 0 Å². The van der Waals surface area contributed by atoms with Gasteiger partial charge < -0.3 is 15.4 Å². The third kappa shape index (κ3) is 2.91. The molecule has 1 amide bonds. The average Bonchev–Trinajstić information content (AvgIpc) is 2.16. The maximum atomic E-state index is 10.6. The van der Waals surface area contributed by atoms with Crippen molar-refractivity contribution in [1.29, 1.82) is 0 Å². The average molecular weight is 168 g/mol. The summed E-state index contributed by atoms with van der Waals surface area (Å²) in [5.74, 6) is 1.61. The summed E-state index contributed by atoms with van der Waals surface area (Å²) < 4.78 is 5.18. The van der Waals surface area contributed by atoms with Gasteiger partial charge >= 0.3 is 0 Å². The lowest BCUT2D eigenvalue weighted by molar-refractivity contribution is -0.115. The Morgan fingerprint density at radius 1 is 1.83 bits per heavy atom. The summed E-state index contributed by atoms with van der Waals surface area (Å²) in [6.07, 6.45) is 4.87. The lowest BCUT2D eigenvalue weighted by Gasteiger charge is -2.23. The maximum absolute atomic E-state index is 10.6. The van der Waals surface area contributed by atoms with E-state index < -0.39 is 0 Å². The van der Waals surface area contributed by atoms with Gasteiger partial charge in [-0.25, -0.2) is 0 Å². The topological polar surface area (TPSA) is 50.4 Å². The van der Waals surface area contributed by atoms with Gasteiger partial charge in [0.15, 0.2) is 0 Å². The van der Waals surface area contributed by atoms with Gasteiger partial charge in [-0.3, -0.25) is 4.79 Å². The smallest absolute Gasteiger partial charge is 0.295 e. The lowest BCUT2D eigenvalue weighted by Crippen LogP contribution is -2.48. The molecule has 1 fully saturated rings. The zero-order chi connectivity index (χ0) is 8.81. The first-order valence-corrected chi connectivity index (χ1v) is 3.88. The fraction of sp³-hybridized carbons (Fsp3) is 0.625. The van der Waals surface area contributed by atoms with Gasteiger partial charge in [0.2, 0.25) is 0 Å². The van der Waals surface area contributed by atoms with Crippen LogP contribution < -0.4 is 10.6 Å². The van der Waals surface area contributed by atoms with Crippen molar-refractivity contribution in [1.82, 2.24) is 10.6 Å². The Kier molecular flexibility index (Phi) is 3.58. The molecule has 0 aliphatic carbocycles. The second kappa shape index (κ2) is 4.75. The molecule has 0 aromatic rings. The number of amides is 1. The summed E-state index contributed by atoms with van der Waals surface area (Å²) in [6.45, 7) is 2.73. The highest BCUT2D eigenvalue weighted by Gasteiger charge is 2.12. The van der Waals surface area contributed by atoms with Gasteiger partial charge in [-0.1, -0.05) is 0 Å². The first-order chi connectivity index (χ1) is 5.83. The Morgan fingerprint density at radius 3 is 3.25 bits per heavy atom. The molecule has 1 unspecified atom stereocenters. The highest BCUT2D eigenvalue weighted by atomic mass is 16.5. The summed E-state index contributed by atoms with van der Waals surface area (Å²) >= 11 is 0. The Labute approximate surface area is 71.7 Å². The Balaban J connectivity index is 2.14.